The Bertz CT molecular complexity index is 377. The molecule has 2 nitrogen and oxygen atoms in total. The highest BCUT2D eigenvalue weighted by atomic mass is 79.9. The van der Waals surface area contributed by atoms with Crippen LogP contribution in [0.15, 0.2) is 22.7 Å². The zero-order chi connectivity index (χ0) is 11.6. The van der Waals surface area contributed by atoms with E-state index in [1.807, 2.05) is 18.2 Å². The van der Waals surface area contributed by atoms with Crippen LogP contribution in [-0.2, 0) is 0 Å². The van der Waals surface area contributed by atoms with Crippen LogP contribution in [0.3, 0.4) is 0 Å². The van der Waals surface area contributed by atoms with Crippen LogP contribution in [0.2, 0.25) is 5.02 Å². The minimum Gasteiger partial charge on any atom is -0.388 e. The Labute approximate surface area is 109 Å². The van der Waals surface area contributed by atoms with Gasteiger partial charge in [0.1, 0.15) is 0 Å². The standard InChI is InChI=1S/C12H15BrClNO/c13-10-4-3-9(14)7-11(10)15-8-12(16)5-1-2-6-12/h3-4,7,15-16H,1-2,5-6,8H2. The van der Waals surface area contributed by atoms with E-state index in [0.717, 1.165) is 35.8 Å². The molecule has 1 aromatic carbocycles. The number of anilines is 1. The third-order valence-corrected chi connectivity index (χ3v) is 4.00. The summed E-state index contributed by atoms with van der Waals surface area (Å²) in [6, 6.07) is 5.61. The Morgan fingerprint density at radius 3 is 2.75 bits per heavy atom. The molecular formula is C12H15BrClNO. The number of rotatable bonds is 3. The van der Waals surface area contributed by atoms with Crippen LogP contribution >= 0.6 is 27.5 Å². The molecule has 1 aliphatic carbocycles. The van der Waals surface area contributed by atoms with Crippen molar-refractivity contribution in [1.29, 1.82) is 0 Å². The molecule has 0 heterocycles. The molecule has 0 radical (unpaired) electrons. The van der Waals surface area contributed by atoms with Gasteiger partial charge in [-0.15, -0.1) is 0 Å². The van der Waals surface area contributed by atoms with E-state index in [1.54, 1.807) is 0 Å². The van der Waals surface area contributed by atoms with Crippen LogP contribution in [-0.4, -0.2) is 17.3 Å². The quantitative estimate of drug-likeness (QED) is 0.890. The van der Waals surface area contributed by atoms with Crippen molar-refractivity contribution in [3.05, 3.63) is 27.7 Å². The zero-order valence-electron chi connectivity index (χ0n) is 8.97. The zero-order valence-corrected chi connectivity index (χ0v) is 11.3. The summed E-state index contributed by atoms with van der Waals surface area (Å²) in [6.45, 7) is 0.589. The van der Waals surface area contributed by atoms with Gasteiger partial charge in [-0.3, -0.25) is 0 Å². The molecule has 1 fully saturated rings. The second-order valence-corrected chi connectivity index (χ2v) is 5.70. The number of halogens is 2. The van der Waals surface area contributed by atoms with Crippen molar-refractivity contribution in [3.8, 4) is 0 Å². The molecule has 0 aliphatic heterocycles. The minimum atomic E-state index is -0.540. The second kappa shape index (κ2) is 4.94. The molecule has 1 aromatic rings. The van der Waals surface area contributed by atoms with Crippen LogP contribution in [0.25, 0.3) is 0 Å². The van der Waals surface area contributed by atoms with Gasteiger partial charge in [0, 0.05) is 16.0 Å². The molecule has 2 rings (SSSR count). The number of hydrogen-bond donors (Lipinski definition) is 2. The highest BCUT2D eigenvalue weighted by molar-refractivity contribution is 9.10. The number of hydrogen-bond acceptors (Lipinski definition) is 2. The van der Waals surface area contributed by atoms with Crippen molar-refractivity contribution < 1.29 is 5.11 Å². The molecule has 0 atom stereocenters. The maximum atomic E-state index is 10.2. The van der Waals surface area contributed by atoms with Gasteiger partial charge in [0.25, 0.3) is 0 Å². The topological polar surface area (TPSA) is 32.3 Å². The first-order chi connectivity index (χ1) is 7.59. The summed E-state index contributed by atoms with van der Waals surface area (Å²) in [5.41, 5.74) is 0.398. The highest BCUT2D eigenvalue weighted by Crippen LogP contribution is 2.31. The van der Waals surface area contributed by atoms with Crippen molar-refractivity contribution in [1.82, 2.24) is 0 Å². The van der Waals surface area contributed by atoms with Gasteiger partial charge >= 0.3 is 0 Å². The molecule has 2 N–H and O–H groups in total. The van der Waals surface area contributed by atoms with Crippen LogP contribution in [0.4, 0.5) is 5.69 Å². The summed E-state index contributed by atoms with van der Waals surface area (Å²) < 4.78 is 0.971. The summed E-state index contributed by atoms with van der Waals surface area (Å²) >= 11 is 9.38. The van der Waals surface area contributed by atoms with Crippen molar-refractivity contribution >= 4 is 33.2 Å². The van der Waals surface area contributed by atoms with Crippen molar-refractivity contribution in [2.75, 3.05) is 11.9 Å². The normalized spacial score (nSPS) is 18.7. The van der Waals surface area contributed by atoms with E-state index in [2.05, 4.69) is 21.2 Å². The summed E-state index contributed by atoms with van der Waals surface area (Å²) in [7, 11) is 0. The van der Waals surface area contributed by atoms with E-state index in [0.29, 0.717) is 11.6 Å². The van der Waals surface area contributed by atoms with Crippen LogP contribution in [0.1, 0.15) is 25.7 Å². The lowest BCUT2D eigenvalue weighted by molar-refractivity contribution is 0.0614. The first kappa shape index (κ1) is 12.2. The Morgan fingerprint density at radius 1 is 1.38 bits per heavy atom. The van der Waals surface area contributed by atoms with E-state index in [4.69, 9.17) is 11.6 Å². The molecule has 1 saturated carbocycles. The SMILES string of the molecule is OC1(CNc2cc(Cl)ccc2Br)CCCC1. The predicted octanol–water partition coefficient (Wildman–Crippen LogP) is 3.82. The lowest BCUT2D eigenvalue weighted by Crippen LogP contribution is -2.33. The highest BCUT2D eigenvalue weighted by Gasteiger charge is 2.30. The van der Waals surface area contributed by atoms with E-state index in [1.165, 1.54) is 0 Å². The Morgan fingerprint density at radius 2 is 2.06 bits per heavy atom. The first-order valence-electron chi connectivity index (χ1n) is 5.50. The van der Waals surface area contributed by atoms with E-state index >= 15 is 0 Å². The lowest BCUT2D eigenvalue weighted by atomic mass is 10.0. The van der Waals surface area contributed by atoms with Gasteiger partial charge in [-0.2, -0.15) is 0 Å². The Balaban J connectivity index is 2.01. The van der Waals surface area contributed by atoms with Gasteiger partial charge < -0.3 is 10.4 Å². The second-order valence-electron chi connectivity index (χ2n) is 4.41. The molecule has 0 bridgehead atoms. The summed E-state index contributed by atoms with van der Waals surface area (Å²) in [5.74, 6) is 0. The average Bonchev–Trinajstić information content (AvgIpc) is 2.67. The van der Waals surface area contributed by atoms with Gasteiger partial charge in [-0.25, -0.2) is 0 Å². The van der Waals surface area contributed by atoms with Crippen LogP contribution in [0, 0.1) is 0 Å². The van der Waals surface area contributed by atoms with Crippen molar-refractivity contribution in [2.45, 2.75) is 31.3 Å². The first-order valence-corrected chi connectivity index (χ1v) is 6.67. The number of nitrogens with one attached hydrogen (secondary N) is 1. The smallest absolute Gasteiger partial charge is 0.0819 e. The third-order valence-electron chi connectivity index (χ3n) is 3.07. The Hall–Kier alpha value is -0.250. The molecule has 1 aliphatic rings. The van der Waals surface area contributed by atoms with Gasteiger partial charge in [0.2, 0.25) is 0 Å². The van der Waals surface area contributed by atoms with Crippen LogP contribution < -0.4 is 5.32 Å². The molecule has 0 aromatic heterocycles. The molecule has 16 heavy (non-hydrogen) atoms. The maximum Gasteiger partial charge on any atom is 0.0819 e. The fraction of sp³-hybridized carbons (Fsp3) is 0.500. The lowest BCUT2D eigenvalue weighted by Gasteiger charge is -2.23. The molecule has 0 unspecified atom stereocenters. The largest absolute Gasteiger partial charge is 0.388 e. The van der Waals surface area contributed by atoms with Crippen LogP contribution in [0.5, 0.6) is 0 Å². The summed E-state index contributed by atoms with van der Waals surface area (Å²) in [6.07, 6.45) is 4.01. The van der Waals surface area contributed by atoms with Gasteiger partial charge in [0.15, 0.2) is 0 Å². The summed E-state index contributed by atoms with van der Waals surface area (Å²) in [4.78, 5) is 0. The van der Waals surface area contributed by atoms with Crippen molar-refractivity contribution in [2.24, 2.45) is 0 Å². The molecule has 0 spiro atoms. The molecule has 0 amide bonds. The molecule has 0 saturated heterocycles. The number of benzene rings is 1. The van der Waals surface area contributed by atoms with E-state index in [9.17, 15) is 5.11 Å². The molecule has 88 valence electrons. The maximum absolute atomic E-state index is 10.2. The number of aliphatic hydroxyl groups is 1. The third kappa shape index (κ3) is 2.90. The fourth-order valence-electron chi connectivity index (χ4n) is 2.10. The van der Waals surface area contributed by atoms with E-state index < -0.39 is 5.60 Å². The predicted molar refractivity (Wildman–Crippen MR) is 71.1 cm³/mol. The summed E-state index contributed by atoms with van der Waals surface area (Å²) in [5, 5.41) is 14.2. The van der Waals surface area contributed by atoms with Gasteiger partial charge in [-0.1, -0.05) is 24.4 Å². The molecular weight excluding hydrogens is 289 g/mol. The van der Waals surface area contributed by atoms with E-state index in [-0.39, 0.29) is 0 Å². The van der Waals surface area contributed by atoms with Crippen molar-refractivity contribution in [3.63, 3.8) is 0 Å². The minimum absolute atomic E-state index is 0.540. The average molecular weight is 305 g/mol. The van der Waals surface area contributed by atoms with Gasteiger partial charge in [-0.05, 0) is 47.0 Å². The monoisotopic (exact) mass is 303 g/mol. The molecule has 4 heteroatoms. The fourth-order valence-corrected chi connectivity index (χ4v) is 2.66. The van der Waals surface area contributed by atoms with Gasteiger partial charge in [0.05, 0.1) is 11.3 Å². The Kier molecular flexibility index (Phi) is 3.77.